The van der Waals surface area contributed by atoms with E-state index in [-0.39, 0.29) is 5.91 Å². The minimum absolute atomic E-state index is 0.164. The lowest BCUT2D eigenvalue weighted by molar-refractivity contribution is 0.0941. The SMILES string of the molecule is O=C(NCCOc1ccc2ccccc2c1)c1n[nH]c2c1CNCC2. The Morgan fingerprint density at radius 3 is 3.00 bits per heavy atom. The molecule has 0 bridgehead atoms. The van der Waals surface area contributed by atoms with Crippen molar-refractivity contribution in [1.29, 1.82) is 0 Å². The van der Waals surface area contributed by atoms with Gasteiger partial charge in [0.15, 0.2) is 5.69 Å². The molecule has 25 heavy (non-hydrogen) atoms. The van der Waals surface area contributed by atoms with E-state index in [4.69, 9.17) is 4.74 Å². The molecular weight excluding hydrogens is 316 g/mol. The summed E-state index contributed by atoms with van der Waals surface area (Å²) in [6, 6.07) is 14.1. The predicted molar refractivity (Wildman–Crippen MR) is 95.8 cm³/mol. The normalized spacial score (nSPS) is 13.4. The van der Waals surface area contributed by atoms with Crippen molar-refractivity contribution >= 4 is 16.7 Å². The minimum Gasteiger partial charge on any atom is -0.492 e. The maximum absolute atomic E-state index is 12.3. The Kier molecular flexibility index (Phi) is 4.35. The maximum atomic E-state index is 12.3. The lowest BCUT2D eigenvalue weighted by atomic mass is 10.1. The average molecular weight is 336 g/mol. The number of amides is 1. The van der Waals surface area contributed by atoms with Crippen LogP contribution in [0.5, 0.6) is 5.75 Å². The van der Waals surface area contributed by atoms with E-state index < -0.39 is 0 Å². The molecule has 3 aromatic rings. The van der Waals surface area contributed by atoms with Gasteiger partial charge in [0.05, 0.1) is 6.54 Å². The zero-order valence-corrected chi connectivity index (χ0v) is 13.8. The molecule has 0 saturated heterocycles. The fraction of sp³-hybridized carbons (Fsp3) is 0.263. The maximum Gasteiger partial charge on any atom is 0.272 e. The number of benzene rings is 2. The van der Waals surface area contributed by atoms with Crippen LogP contribution in [-0.4, -0.2) is 35.8 Å². The number of hydrogen-bond donors (Lipinski definition) is 3. The first-order valence-electron chi connectivity index (χ1n) is 8.48. The Bertz CT molecular complexity index is 903. The molecule has 4 rings (SSSR count). The highest BCUT2D eigenvalue weighted by Gasteiger charge is 2.21. The number of carbonyl (C=O) groups excluding carboxylic acids is 1. The molecule has 0 aliphatic carbocycles. The Morgan fingerprint density at radius 1 is 1.20 bits per heavy atom. The highest BCUT2D eigenvalue weighted by molar-refractivity contribution is 5.94. The van der Waals surface area contributed by atoms with Gasteiger partial charge in [-0.1, -0.05) is 30.3 Å². The Hall–Kier alpha value is -2.86. The monoisotopic (exact) mass is 336 g/mol. The fourth-order valence-corrected chi connectivity index (χ4v) is 3.09. The van der Waals surface area contributed by atoms with Gasteiger partial charge in [-0.2, -0.15) is 5.10 Å². The number of ether oxygens (including phenoxy) is 1. The highest BCUT2D eigenvalue weighted by Crippen LogP contribution is 2.20. The number of aromatic nitrogens is 2. The number of fused-ring (bicyclic) bond motifs is 2. The van der Waals surface area contributed by atoms with Crippen LogP contribution in [0.15, 0.2) is 42.5 Å². The molecule has 2 aromatic carbocycles. The second-order valence-electron chi connectivity index (χ2n) is 6.07. The number of carbonyl (C=O) groups is 1. The lowest BCUT2D eigenvalue weighted by Crippen LogP contribution is -2.31. The molecule has 6 heteroatoms. The van der Waals surface area contributed by atoms with Crippen LogP contribution in [0.4, 0.5) is 0 Å². The van der Waals surface area contributed by atoms with Crippen molar-refractivity contribution in [1.82, 2.24) is 20.8 Å². The van der Waals surface area contributed by atoms with Crippen molar-refractivity contribution < 1.29 is 9.53 Å². The molecule has 1 amide bonds. The number of nitrogens with zero attached hydrogens (tertiary/aromatic N) is 1. The Morgan fingerprint density at radius 2 is 2.08 bits per heavy atom. The molecular formula is C19H20N4O2. The summed E-state index contributed by atoms with van der Waals surface area (Å²) < 4.78 is 5.74. The fourth-order valence-electron chi connectivity index (χ4n) is 3.09. The van der Waals surface area contributed by atoms with Crippen LogP contribution < -0.4 is 15.4 Å². The van der Waals surface area contributed by atoms with E-state index in [2.05, 4.69) is 33.0 Å². The van der Waals surface area contributed by atoms with E-state index in [1.54, 1.807) is 0 Å². The average Bonchev–Trinajstić information content (AvgIpc) is 3.09. The molecule has 1 aromatic heterocycles. The van der Waals surface area contributed by atoms with Gasteiger partial charge in [-0.15, -0.1) is 0 Å². The van der Waals surface area contributed by atoms with E-state index in [9.17, 15) is 4.79 Å². The number of nitrogens with one attached hydrogen (secondary N) is 3. The van der Waals surface area contributed by atoms with Crippen LogP contribution in [0.25, 0.3) is 10.8 Å². The topological polar surface area (TPSA) is 79.0 Å². The molecule has 128 valence electrons. The third kappa shape index (κ3) is 3.34. The summed E-state index contributed by atoms with van der Waals surface area (Å²) in [6.07, 6.45) is 0.876. The van der Waals surface area contributed by atoms with Gasteiger partial charge in [-0.3, -0.25) is 9.89 Å². The third-order valence-corrected chi connectivity index (χ3v) is 4.40. The summed E-state index contributed by atoms with van der Waals surface area (Å²) in [5, 5.41) is 15.6. The standard InChI is InChI=1S/C19H20N4O2/c24-19(18-16-12-20-8-7-17(16)22-23-18)21-9-10-25-15-6-5-13-3-1-2-4-14(13)11-15/h1-6,11,20H,7-10,12H2,(H,21,24)(H,22,23). The van der Waals surface area contributed by atoms with E-state index in [1.165, 1.54) is 5.39 Å². The van der Waals surface area contributed by atoms with Crippen LogP contribution in [0.2, 0.25) is 0 Å². The second-order valence-corrected chi connectivity index (χ2v) is 6.07. The smallest absolute Gasteiger partial charge is 0.272 e. The van der Waals surface area contributed by atoms with E-state index in [0.717, 1.165) is 35.4 Å². The second kappa shape index (κ2) is 6.94. The summed E-state index contributed by atoms with van der Waals surface area (Å²) in [6.45, 7) is 2.44. The lowest BCUT2D eigenvalue weighted by Gasteiger charge is -2.13. The summed E-state index contributed by atoms with van der Waals surface area (Å²) in [4.78, 5) is 12.3. The van der Waals surface area contributed by atoms with Crippen molar-refractivity contribution in [3.8, 4) is 5.75 Å². The quantitative estimate of drug-likeness (QED) is 0.623. The van der Waals surface area contributed by atoms with Gasteiger partial charge >= 0.3 is 0 Å². The van der Waals surface area contributed by atoms with Crippen LogP contribution >= 0.6 is 0 Å². The summed E-state index contributed by atoms with van der Waals surface area (Å²) in [5.74, 6) is 0.637. The van der Waals surface area contributed by atoms with Gasteiger partial charge < -0.3 is 15.4 Å². The predicted octanol–water partition coefficient (Wildman–Crippen LogP) is 2.02. The largest absolute Gasteiger partial charge is 0.492 e. The molecule has 0 atom stereocenters. The van der Waals surface area contributed by atoms with E-state index >= 15 is 0 Å². The third-order valence-electron chi connectivity index (χ3n) is 4.40. The zero-order chi connectivity index (χ0) is 17.1. The molecule has 0 fully saturated rings. The van der Waals surface area contributed by atoms with Crippen molar-refractivity contribution in [2.75, 3.05) is 19.7 Å². The zero-order valence-electron chi connectivity index (χ0n) is 13.8. The highest BCUT2D eigenvalue weighted by atomic mass is 16.5. The molecule has 6 nitrogen and oxygen atoms in total. The van der Waals surface area contributed by atoms with Crippen molar-refractivity contribution in [2.24, 2.45) is 0 Å². The number of aromatic amines is 1. The van der Waals surface area contributed by atoms with Crippen LogP contribution in [0.1, 0.15) is 21.7 Å². The molecule has 1 aliphatic heterocycles. The van der Waals surface area contributed by atoms with Crippen molar-refractivity contribution in [2.45, 2.75) is 13.0 Å². The van der Waals surface area contributed by atoms with Gasteiger partial charge in [0.25, 0.3) is 5.91 Å². The van der Waals surface area contributed by atoms with Gasteiger partial charge in [0.2, 0.25) is 0 Å². The Labute approximate surface area is 145 Å². The van der Waals surface area contributed by atoms with Crippen molar-refractivity contribution in [3.05, 3.63) is 59.4 Å². The molecule has 1 aliphatic rings. The number of rotatable bonds is 5. The Balaban J connectivity index is 1.31. The molecule has 0 saturated carbocycles. The van der Waals surface area contributed by atoms with E-state index in [1.807, 2.05) is 30.3 Å². The minimum atomic E-state index is -0.164. The molecule has 2 heterocycles. The first-order chi connectivity index (χ1) is 12.3. The summed E-state index contributed by atoms with van der Waals surface area (Å²) in [7, 11) is 0. The van der Waals surface area contributed by atoms with Gasteiger partial charge in [-0.05, 0) is 22.9 Å². The van der Waals surface area contributed by atoms with Crippen LogP contribution in [-0.2, 0) is 13.0 Å². The van der Waals surface area contributed by atoms with Crippen molar-refractivity contribution in [3.63, 3.8) is 0 Å². The molecule has 0 spiro atoms. The van der Waals surface area contributed by atoms with Gasteiger partial charge in [0, 0.05) is 30.8 Å². The first kappa shape index (κ1) is 15.7. The molecule has 0 radical (unpaired) electrons. The van der Waals surface area contributed by atoms with Gasteiger partial charge in [0.1, 0.15) is 12.4 Å². The first-order valence-corrected chi connectivity index (χ1v) is 8.48. The van der Waals surface area contributed by atoms with E-state index in [0.29, 0.717) is 25.4 Å². The summed E-state index contributed by atoms with van der Waals surface area (Å²) >= 11 is 0. The number of H-pyrrole nitrogens is 1. The number of hydrogen-bond acceptors (Lipinski definition) is 4. The van der Waals surface area contributed by atoms with Crippen LogP contribution in [0, 0.1) is 0 Å². The van der Waals surface area contributed by atoms with Crippen LogP contribution in [0.3, 0.4) is 0 Å². The van der Waals surface area contributed by atoms with Gasteiger partial charge in [-0.25, -0.2) is 0 Å². The summed E-state index contributed by atoms with van der Waals surface area (Å²) in [5.41, 5.74) is 2.50. The molecule has 0 unspecified atom stereocenters. The molecule has 3 N–H and O–H groups in total.